The molecule has 0 radical (unpaired) electrons. The number of carbonyl (C=O) groups excluding carboxylic acids is 5. The molecule has 6 bridgehead atoms. The molecule has 1 saturated heterocycles. The van der Waals surface area contributed by atoms with Gasteiger partial charge in [0.2, 0.25) is 11.8 Å². The van der Waals surface area contributed by atoms with E-state index in [9.17, 15) is 19.2 Å². The molecule has 3 atom stereocenters. The van der Waals surface area contributed by atoms with Crippen molar-refractivity contribution in [1.29, 1.82) is 0 Å². The van der Waals surface area contributed by atoms with E-state index in [1.54, 1.807) is 20.4 Å². The van der Waals surface area contributed by atoms with Crippen LogP contribution in [0.4, 0.5) is 4.79 Å². The van der Waals surface area contributed by atoms with Gasteiger partial charge >= 0.3 is 12.0 Å². The molecule has 2 aliphatic rings. The van der Waals surface area contributed by atoms with E-state index >= 15 is 4.79 Å². The molecule has 2 aliphatic heterocycles. The summed E-state index contributed by atoms with van der Waals surface area (Å²) in [5.74, 6) is -1.20. The molecule has 2 aromatic heterocycles. The minimum absolute atomic E-state index is 0.0432. The van der Waals surface area contributed by atoms with Crippen molar-refractivity contribution >= 4 is 60.5 Å². The van der Waals surface area contributed by atoms with Crippen molar-refractivity contribution < 1.29 is 37.9 Å². The lowest BCUT2D eigenvalue weighted by Gasteiger charge is -2.42. The summed E-state index contributed by atoms with van der Waals surface area (Å²) in [4.78, 5) is 76.1. The number of nitrogens with zero attached hydrogens (tertiary/aromatic N) is 4. The number of esters is 1. The Morgan fingerprint density at radius 1 is 0.973 bits per heavy atom. The molecule has 0 unspecified atom stereocenters. The number of ether oxygens (including phenoxy) is 2. The Kier molecular flexibility index (Phi) is 20.0. The molecule has 410 valence electrons. The number of amides is 5. The van der Waals surface area contributed by atoms with Crippen LogP contribution in [0.5, 0.6) is 5.75 Å². The standard InChI is InChI=1S/C57H83ClN8O8Si/c1-14-65-49-20-19-40-31-44(49)45(52(65)43-17-15-23-59-48(43)33-72-13)32-57(10,11)34-73-55(70)46-18-16-26-66(63-46)54(69)47(29-39-27-41(40)30-42(28-39)74-75(36(4)5,37(6)7)38(8)9)62-53(68)51(35(2)3)64(12)50(67)21-24-60-56(71)61-25-22-58/h15,17,19-20,23,27-28,30-31,35-38,46-47,51,63H,14,16,18,21-22,24-26,29,32-34H2,1-13H3,(H,62,68)(H2,60,61,71)/t46-,47-,51-/m0/s1. The third kappa shape index (κ3) is 13.6. The summed E-state index contributed by atoms with van der Waals surface area (Å²) in [5, 5.41) is 10.9. The second-order valence-corrected chi connectivity index (χ2v) is 28.1. The van der Waals surface area contributed by atoms with Gasteiger partial charge in [0.1, 0.15) is 23.9 Å². The van der Waals surface area contributed by atoms with Gasteiger partial charge in [0.15, 0.2) is 0 Å². The number of pyridine rings is 1. The zero-order valence-corrected chi connectivity index (χ0v) is 48.4. The zero-order chi connectivity index (χ0) is 54.9. The maximum absolute atomic E-state index is 15.2. The number of urea groups is 1. The maximum Gasteiger partial charge on any atom is 0.324 e. The van der Waals surface area contributed by atoms with Crippen LogP contribution in [0.15, 0.2) is 54.7 Å². The highest BCUT2D eigenvalue weighted by molar-refractivity contribution is 6.78. The molecule has 2 aromatic carbocycles. The molecular formula is C57H83ClN8O8Si. The highest BCUT2D eigenvalue weighted by atomic mass is 35.5. The number of likely N-dealkylation sites (N-methyl/N-ethyl adjacent to an activating group) is 1. The van der Waals surface area contributed by atoms with Crippen molar-refractivity contribution in [3.05, 3.63) is 71.5 Å². The minimum Gasteiger partial charge on any atom is -0.543 e. The first-order chi connectivity index (χ1) is 35.6. The molecular weight excluding hydrogens is 988 g/mol. The van der Waals surface area contributed by atoms with Gasteiger partial charge in [-0.25, -0.2) is 10.2 Å². The number of alkyl halides is 1. The predicted octanol–water partition coefficient (Wildman–Crippen LogP) is 9.15. The van der Waals surface area contributed by atoms with Crippen molar-refractivity contribution in [3.8, 4) is 28.1 Å². The number of hydrogen-bond donors (Lipinski definition) is 4. The minimum atomic E-state index is -2.54. The van der Waals surface area contributed by atoms with E-state index in [2.05, 4.69) is 125 Å². The number of methoxy groups -OCH3 is 1. The summed E-state index contributed by atoms with van der Waals surface area (Å²) in [6.45, 7) is 25.3. The highest BCUT2D eigenvalue weighted by Crippen LogP contribution is 2.45. The van der Waals surface area contributed by atoms with E-state index in [4.69, 9.17) is 30.5 Å². The van der Waals surface area contributed by atoms with Crippen LogP contribution in [0.3, 0.4) is 0 Å². The fraction of sp³-hybridized carbons (Fsp3) is 0.579. The van der Waals surface area contributed by atoms with E-state index in [0.29, 0.717) is 38.2 Å². The SMILES string of the molecule is CCn1c(-c2cccnc2COC)c2c3cc(ccc31)-c1cc(cc(O[Si](C(C)C)(C(C)C)C(C)C)c1)C[C@H](NC(=O)[C@H](C(C)C)N(C)C(=O)CCNC(=O)NCCCl)C(=O)N1CCC[C@H](N1)C(=O)OCC(C)(C)C2. The van der Waals surface area contributed by atoms with E-state index in [1.165, 1.54) is 9.91 Å². The number of nitrogens with one attached hydrogen (secondary N) is 4. The van der Waals surface area contributed by atoms with Crippen molar-refractivity contribution in [2.45, 2.75) is 156 Å². The lowest BCUT2D eigenvalue weighted by molar-refractivity contribution is -0.155. The van der Waals surface area contributed by atoms with Crippen LogP contribution in [-0.2, 0) is 54.6 Å². The predicted molar refractivity (Wildman–Crippen MR) is 299 cm³/mol. The molecule has 16 nitrogen and oxygen atoms in total. The van der Waals surface area contributed by atoms with Gasteiger partial charge < -0.3 is 39.3 Å². The Hall–Kier alpha value is -5.49. The van der Waals surface area contributed by atoms with Crippen LogP contribution in [0.1, 0.15) is 112 Å². The summed E-state index contributed by atoms with van der Waals surface area (Å²) >= 11 is 5.71. The molecule has 4 N–H and O–H groups in total. The first kappa shape index (κ1) is 58.8. The van der Waals surface area contributed by atoms with Crippen LogP contribution < -0.4 is 25.8 Å². The van der Waals surface area contributed by atoms with Gasteiger partial charge in [-0.15, -0.1) is 11.6 Å². The van der Waals surface area contributed by atoms with Crippen molar-refractivity contribution in [3.63, 3.8) is 0 Å². The van der Waals surface area contributed by atoms with Crippen LogP contribution in [-0.4, -0.2) is 122 Å². The fourth-order valence-electron chi connectivity index (χ4n) is 11.5. The number of hydrogen-bond acceptors (Lipinski definition) is 10. The number of halogens is 1. The largest absolute Gasteiger partial charge is 0.543 e. The molecule has 0 saturated carbocycles. The van der Waals surface area contributed by atoms with Gasteiger partial charge in [-0.05, 0) is 107 Å². The molecule has 4 aromatic rings. The van der Waals surface area contributed by atoms with E-state index in [-0.39, 0.29) is 73.4 Å². The molecule has 5 amide bonds. The van der Waals surface area contributed by atoms with Gasteiger partial charge in [0, 0.05) is 87.1 Å². The Morgan fingerprint density at radius 3 is 2.33 bits per heavy atom. The van der Waals surface area contributed by atoms with Gasteiger partial charge in [-0.3, -0.25) is 29.2 Å². The summed E-state index contributed by atoms with van der Waals surface area (Å²) in [6, 6.07) is 13.4. The van der Waals surface area contributed by atoms with Gasteiger partial charge in [0.05, 0.1) is 24.6 Å². The van der Waals surface area contributed by atoms with Crippen LogP contribution in [0.25, 0.3) is 33.3 Å². The molecule has 1 fully saturated rings. The monoisotopic (exact) mass is 1070 g/mol. The van der Waals surface area contributed by atoms with Gasteiger partial charge in [0.25, 0.3) is 14.2 Å². The Balaban J connectivity index is 1.54. The number of carbonyl (C=O) groups is 5. The lowest BCUT2D eigenvalue weighted by atomic mass is 9.84. The Bertz CT molecular complexity index is 2650. The molecule has 0 aliphatic carbocycles. The maximum atomic E-state index is 15.2. The van der Waals surface area contributed by atoms with Crippen LogP contribution in [0.2, 0.25) is 16.6 Å². The molecule has 4 heterocycles. The summed E-state index contributed by atoms with van der Waals surface area (Å²) in [5.41, 5.74) is 11.0. The Labute approximate surface area is 450 Å². The van der Waals surface area contributed by atoms with Crippen molar-refractivity contribution in [2.24, 2.45) is 11.3 Å². The first-order valence-corrected chi connectivity index (χ1v) is 29.5. The number of hydrazine groups is 1. The fourth-order valence-corrected chi connectivity index (χ4v) is 16.9. The topological polar surface area (TPSA) is 185 Å². The third-order valence-electron chi connectivity index (χ3n) is 15.0. The molecule has 0 spiro atoms. The van der Waals surface area contributed by atoms with Gasteiger partial charge in [-0.1, -0.05) is 81.4 Å². The quantitative estimate of drug-likeness (QED) is 0.0426. The lowest BCUT2D eigenvalue weighted by Crippen LogP contribution is -2.62. The van der Waals surface area contributed by atoms with Crippen molar-refractivity contribution in [1.82, 2.24) is 40.8 Å². The summed E-state index contributed by atoms with van der Waals surface area (Å²) in [6.07, 6.45) is 3.32. The second kappa shape index (κ2) is 25.6. The average Bonchev–Trinajstić information content (AvgIpc) is 3.66. The van der Waals surface area contributed by atoms with Crippen LogP contribution >= 0.6 is 11.6 Å². The number of rotatable bonds is 18. The van der Waals surface area contributed by atoms with Gasteiger partial charge in [-0.2, -0.15) is 0 Å². The van der Waals surface area contributed by atoms with Crippen molar-refractivity contribution in [2.75, 3.05) is 46.3 Å². The second-order valence-electron chi connectivity index (χ2n) is 22.4. The first-order valence-electron chi connectivity index (χ1n) is 26.9. The van der Waals surface area contributed by atoms with Crippen LogP contribution in [0, 0.1) is 11.3 Å². The summed E-state index contributed by atoms with van der Waals surface area (Å²) < 4.78 is 21.7. The molecule has 75 heavy (non-hydrogen) atoms. The Morgan fingerprint density at radius 2 is 1.68 bits per heavy atom. The third-order valence-corrected chi connectivity index (χ3v) is 21.2. The smallest absolute Gasteiger partial charge is 0.324 e. The summed E-state index contributed by atoms with van der Waals surface area (Å²) in [7, 11) is 0.694. The number of benzene rings is 2. The number of aromatic nitrogens is 2. The molecule has 18 heteroatoms. The van der Waals surface area contributed by atoms with E-state index < -0.39 is 55.7 Å². The normalized spacial score (nSPS) is 17.8. The average molecular weight is 1070 g/mol. The number of fused-ring (bicyclic) bond motifs is 6. The number of aryl methyl sites for hydroxylation is 1. The number of cyclic esters (lactones) is 1. The van der Waals surface area contributed by atoms with E-state index in [0.717, 1.165) is 50.1 Å². The van der Waals surface area contributed by atoms with E-state index in [1.807, 2.05) is 26.0 Å². The molecule has 6 rings (SSSR count). The highest BCUT2D eigenvalue weighted by Gasteiger charge is 2.47. The zero-order valence-electron chi connectivity index (χ0n) is 46.7.